The van der Waals surface area contributed by atoms with Crippen molar-refractivity contribution < 1.29 is 4.74 Å². The van der Waals surface area contributed by atoms with E-state index in [1.54, 1.807) is 0 Å². The molecule has 0 aromatic carbocycles. The van der Waals surface area contributed by atoms with E-state index >= 15 is 0 Å². The fraction of sp³-hybridized carbons (Fsp3) is 0.769. The lowest BCUT2D eigenvalue weighted by molar-refractivity contribution is 0.101. The Balaban J connectivity index is 2.16. The molecule has 0 bridgehead atoms. The van der Waals surface area contributed by atoms with E-state index in [1.807, 2.05) is 10.9 Å². The first-order valence-electron chi connectivity index (χ1n) is 6.52. The van der Waals surface area contributed by atoms with E-state index in [0.717, 1.165) is 39.3 Å². The van der Waals surface area contributed by atoms with Crippen molar-refractivity contribution in [1.82, 2.24) is 15.1 Å². The summed E-state index contributed by atoms with van der Waals surface area (Å²) in [6.07, 6.45) is 5.17. The molecular formula is C13H25N3O. The first kappa shape index (κ1) is 14.2. The van der Waals surface area contributed by atoms with Gasteiger partial charge in [-0.05, 0) is 18.9 Å². The molecule has 0 atom stereocenters. The van der Waals surface area contributed by atoms with E-state index in [1.165, 1.54) is 5.56 Å². The smallest absolute Gasteiger partial charge is 0.0662 e. The van der Waals surface area contributed by atoms with Crippen LogP contribution in [-0.2, 0) is 17.8 Å². The number of hydrogen-bond acceptors (Lipinski definition) is 3. The molecule has 0 saturated carbocycles. The molecule has 4 heteroatoms. The van der Waals surface area contributed by atoms with Crippen LogP contribution in [0.3, 0.4) is 0 Å². The molecule has 17 heavy (non-hydrogen) atoms. The maximum Gasteiger partial charge on any atom is 0.0662 e. The number of hydrogen-bond donors (Lipinski definition) is 1. The van der Waals surface area contributed by atoms with Crippen LogP contribution in [0.5, 0.6) is 0 Å². The molecule has 0 spiro atoms. The summed E-state index contributed by atoms with van der Waals surface area (Å²) in [5, 5.41) is 7.67. The van der Waals surface area contributed by atoms with E-state index in [2.05, 4.69) is 37.4 Å². The Morgan fingerprint density at radius 2 is 2.29 bits per heavy atom. The normalized spacial score (nSPS) is 11.3. The van der Waals surface area contributed by atoms with E-state index in [-0.39, 0.29) is 0 Å². The largest absolute Gasteiger partial charge is 0.379 e. The van der Waals surface area contributed by atoms with Gasteiger partial charge in [0.2, 0.25) is 0 Å². The van der Waals surface area contributed by atoms with Gasteiger partial charge in [-0.25, -0.2) is 0 Å². The van der Waals surface area contributed by atoms with Gasteiger partial charge in [-0.15, -0.1) is 0 Å². The Bertz CT molecular complexity index is 297. The van der Waals surface area contributed by atoms with Crippen LogP contribution in [-0.4, -0.2) is 29.5 Å². The maximum absolute atomic E-state index is 5.53. The minimum Gasteiger partial charge on any atom is -0.379 e. The minimum absolute atomic E-state index is 0.599. The summed E-state index contributed by atoms with van der Waals surface area (Å²) in [5.74, 6) is 0.599. The molecule has 0 aliphatic rings. The SMILES string of the molecule is CCCNCc1cnn(CCOCC(C)C)c1. The van der Waals surface area contributed by atoms with Gasteiger partial charge in [0.1, 0.15) is 0 Å². The van der Waals surface area contributed by atoms with Gasteiger partial charge in [-0.2, -0.15) is 5.10 Å². The van der Waals surface area contributed by atoms with Crippen LogP contribution < -0.4 is 5.32 Å². The van der Waals surface area contributed by atoms with Gasteiger partial charge in [0.25, 0.3) is 0 Å². The van der Waals surface area contributed by atoms with Crippen LogP contribution >= 0.6 is 0 Å². The fourth-order valence-electron chi connectivity index (χ4n) is 1.51. The van der Waals surface area contributed by atoms with E-state index in [4.69, 9.17) is 4.74 Å². The second kappa shape index (κ2) is 8.25. The predicted molar refractivity (Wildman–Crippen MR) is 69.9 cm³/mol. The summed E-state index contributed by atoms with van der Waals surface area (Å²) in [4.78, 5) is 0. The molecule has 1 heterocycles. The summed E-state index contributed by atoms with van der Waals surface area (Å²) < 4.78 is 7.48. The molecule has 1 aromatic heterocycles. The quantitative estimate of drug-likeness (QED) is 0.670. The summed E-state index contributed by atoms with van der Waals surface area (Å²) in [6, 6.07) is 0. The van der Waals surface area contributed by atoms with E-state index in [0.29, 0.717) is 5.92 Å². The van der Waals surface area contributed by atoms with Crippen molar-refractivity contribution in [3.05, 3.63) is 18.0 Å². The van der Waals surface area contributed by atoms with Crippen molar-refractivity contribution in [1.29, 1.82) is 0 Å². The summed E-state index contributed by atoms with van der Waals surface area (Å²) in [6.45, 7) is 10.8. The average Bonchev–Trinajstić information content (AvgIpc) is 2.73. The molecular weight excluding hydrogens is 214 g/mol. The second-order valence-electron chi connectivity index (χ2n) is 4.76. The molecule has 1 N–H and O–H groups in total. The van der Waals surface area contributed by atoms with Crippen molar-refractivity contribution in [2.75, 3.05) is 19.8 Å². The molecule has 0 aliphatic carbocycles. The van der Waals surface area contributed by atoms with Crippen LogP contribution in [0, 0.1) is 5.92 Å². The van der Waals surface area contributed by atoms with Crippen molar-refractivity contribution >= 4 is 0 Å². The zero-order valence-corrected chi connectivity index (χ0v) is 11.3. The summed E-state index contributed by atoms with van der Waals surface area (Å²) in [7, 11) is 0. The topological polar surface area (TPSA) is 39.1 Å². The Labute approximate surface area is 104 Å². The number of nitrogens with zero attached hydrogens (tertiary/aromatic N) is 2. The maximum atomic E-state index is 5.53. The lowest BCUT2D eigenvalue weighted by Gasteiger charge is -2.06. The summed E-state index contributed by atoms with van der Waals surface area (Å²) >= 11 is 0. The molecule has 0 radical (unpaired) electrons. The molecule has 0 aliphatic heterocycles. The highest BCUT2D eigenvalue weighted by Gasteiger charge is 1.99. The molecule has 0 amide bonds. The van der Waals surface area contributed by atoms with E-state index in [9.17, 15) is 0 Å². The van der Waals surface area contributed by atoms with Crippen LogP contribution in [0.4, 0.5) is 0 Å². The van der Waals surface area contributed by atoms with Crippen molar-refractivity contribution in [3.63, 3.8) is 0 Å². The minimum atomic E-state index is 0.599. The molecule has 0 fully saturated rings. The van der Waals surface area contributed by atoms with Gasteiger partial charge in [-0.3, -0.25) is 4.68 Å². The standard InChI is InChI=1S/C13H25N3O/c1-4-5-14-8-13-9-15-16(10-13)6-7-17-11-12(2)3/h9-10,12,14H,4-8,11H2,1-3H3. The van der Waals surface area contributed by atoms with Crippen LogP contribution in [0.25, 0.3) is 0 Å². The third-order valence-electron chi connectivity index (χ3n) is 2.36. The lowest BCUT2D eigenvalue weighted by atomic mass is 10.2. The van der Waals surface area contributed by atoms with Gasteiger partial charge >= 0.3 is 0 Å². The Kier molecular flexibility index (Phi) is 6.89. The first-order valence-corrected chi connectivity index (χ1v) is 6.52. The number of nitrogens with one attached hydrogen (secondary N) is 1. The molecule has 1 rings (SSSR count). The van der Waals surface area contributed by atoms with E-state index < -0.39 is 0 Å². The van der Waals surface area contributed by atoms with Gasteiger partial charge in [0.05, 0.1) is 19.3 Å². The number of aromatic nitrogens is 2. The molecule has 0 unspecified atom stereocenters. The van der Waals surface area contributed by atoms with Crippen LogP contribution in [0.15, 0.2) is 12.4 Å². The zero-order valence-electron chi connectivity index (χ0n) is 11.3. The third kappa shape index (κ3) is 6.44. The van der Waals surface area contributed by atoms with Gasteiger partial charge in [0.15, 0.2) is 0 Å². The highest BCUT2D eigenvalue weighted by Crippen LogP contribution is 1.98. The Morgan fingerprint density at radius 3 is 3.00 bits per heavy atom. The fourth-order valence-corrected chi connectivity index (χ4v) is 1.51. The Morgan fingerprint density at radius 1 is 1.47 bits per heavy atom. The Hall–Kier alpha value is -0.870. The average molecular weight is 239 g/mol. The van der Waals surface area contributed by atoms with Crippen LogP contribution in [0.1, 0.15) is 32.8 Å². The van der Waals surface area contributed by atoms with Gasteiger partial charge in [0, 0.05) is 24.9 Å². The highest BCUT2D eigenvalue weighted by atomic mass is 16.5. The summed E-state index contributed by atoms with van der Waals surface area (Å²) in [5.41, 5.74) is 1.24. The number of rotatable bonds is 9. The zero-order chi connectivity index (χ0) is 12.5. The molecule has 98 valence electrons. The molecule has 1 aromatic rings. The number of ether oxygens (including phenoxy) is 1. The third-order valence-corrected chi connectivity index (χ3v) is 2.36. The first-order chi connectivity index (χ1) is 8.22. The second-order valence-corrected chi connectivity index (χ2v) is 4.76. The van der Waals surface area contributed by atoms with Gasteiger partial charge < -0.3 is 10.1 Å². The van der Waals surface area contributed by atoms with Crippen LogP contribution in [0.2, 0.25) is 0 Å². The highest BCUT2D eigenvalue weighted by molar-refractivity contribution is 5.03. The lowest BCUT2D eigenvalue weighted by Crippen LogP contribution is -2.13. The monoisotopic (exact) mass is 239 g/mol. The van der Waals surface area contributed by atoms with Gasteiger partial charge in [-0.1, -0.05) is 20.8 Å². The predicted octanol–water partition coefficient (Wildman–Crippen LogP) is 2.06. The van der Waals surface area contributed by atoms with Crippen molar-refractivity contribution in [2.45, 2.75) is 40.3 Å². The molecule has 0 saturated heterocycles. The molecule has 4 nitrogen and oxygen atoms in total. The van der Waals surface area contributed by atoms with Crippen molar-refractivity contribution in [2.24, 2.45) is 5.92 Å². The van der Waals surface area contributed by atoms with Crippen molar-refractivity contribution in [3.8, 4) is 0 Å².